The summed E-state index contributed by atoms with van der Waals surface area (Å²) in [6, 6.07) is -0.962. The summed E-state index contributed by atoms with van der Waals surface area (Å²) >= 11 is 0. The van der Waals surface area contributed by atoms with Crippen LogP contribution < -0.4 is 5.32 Å². The van der Waals surface area contributed by atoms with Gasteiger partial charge in [-0.3, -0.25) is 4.79 Å². The molecule has 12 atom stereocenters. The van der Waals surface area contributed by atoms with Gasteiger partial charge < -0.3 is 65.1 Å². The van der Waals surface area contributed by atoms with Crippen LogP contribution in [0.25, 0.3) is 0 Å². The SMILES string of the molecule is CC/C=C\C/C=C\C/C=C\C/C=C\CCCCC(=O)NC(COC1OC(CO)C(OC2OC(CO)C(O)C(O)C2O)C(O)C1O)C(O)/C=C/CC/C=C/CC/C=C/CCCCC. The average molecular weight is 878 g/mol. The lowest BCUT2D eigenvalue weighted by Crippen LogP contribution is -2.65. The summed E-state index contributed by atoms with van der Waals surface area (Å²) in [5, 5.41) is 86.4. The Morgan fingerprint density at radius 2 is 1.11 bits per heavy atom. The van der Waals surface area contributed by atoms with E-state index < -0.39 is 86.8 Å². The van der Waals surface area contributed by atoms with Crippen molar-refractivity contribution in [3.63, 3.8) is 0 Å². The fraction of sp³-hybridized carbons (Fsp3) is 0.688. The molecule has 2 aliphatic rings. The van der Waals surface area contributed by atoms with Gasteiger partial charge in [0.15, 0.2) is 12.6 Å². The maximum absolute atomic E-state index is 13.1. The second kappa shape index (κ2) is 34.6. The Labute approximate surface area is 370 Å². The lowest BCUT2D eigenvalue weighted by molar-refractivity contribution is -0.359. The molecule has 62 heavy (non-hydrogen) atoms. The number of ether oxygens (including phenoxy) is 4. The molecule has 2 rings (SSSR count). The summed E-state index contributed by atoms with van der Waals surface area (Å²) in [5.74, 6) is -0.301. The van der Waals surface area contributed by atoms with Gasteiger partial charge in [0.05, 0.1) is 32.0 Å². The molecule has 12 unspecified atom stereocenters. The van der Waals surface area contributed by atoms with Crippen LogP contribution in [-0.4, -0.2) is 140 Å². The molecule has 1 amide bonds. The molecule has 2 heterocycles. The van der Waals surface area contributed by atoms with Crippen LogP contribution in [0.1, 0.15) is 117 Å². The third kappa shape index (κ3) is 22.2. The third-order valence-corrected chi connectivity index (χ3v) is 10.5. The average Bonchev–Trinajstić information content (AvgIpc) is 3.27. The molecule has 2 saturated heterocycles. The van der Waals surface area contributed by atoms with E-state index in [0.717, 1.165) is 64.2 Å². The third-order valence-electron chi connectivity index (χ3n) is 10.5. The summed E-state index contributed by atoms with van der Waals surface area (Å²) < 4.78 is 22.6. The van der Waals surface area contributed by atoms with Crippen LogP contribution in [0.15, 0.2) is 85.1 Å². The first-order valence-corrected chi connectivity index (χ1v) is 22.8. The van der Waals surface area contributed by atoms with Crippen LogP contribution >= 0.6 is 0 Å². The van der Waals surface area contributed by atoms with E-state index in [4.69, 9.17) is 18.9 Å². The van der Waals surface area contributed by atoms with Gasteiger partial charge in [-0.05, 0) is 83.5 Å². The van der Waals surface area contributed by atoms with Crippen molar-refractivity contribution >= 4 is 5.91 Å². The highest BCUT2D eigenvalue weighted by Gasteiger charge is 2.50. The molecule has 14 heteroatoms. The fourth-order valence-electron chi connectivity index (χ4n) is 6.78. The van der Waals surface area contributed by atoms with Crippen molar-refractivity contribution in [1.82, 2.24) is 5.32 Å². The maximum Gasteiger partial charge on any atom is 0.220 e. The summed E-state index contributed by atoms with van der Waals surface area (Å²) in [6.07, 6.45) is 26.3. The smallest absolute Gasteiger partial charge is 0.220 e. The summed E-state index contributed by atoms with van der Waals surface area (Å²) in [6.45, 7) is 2.53. The predicted octanol–water partition coefficient (Wildman–Crippen LogP) is 4.65. The van der Waals surface area contributed by atoms with Crippen molar-refractivity contribution in [1.29, 1.82) is 0 Å². The van der Waals surface area contributed by atoms with Gasteiger partial charge in [0.25, 0.3) is 0 Å². The molecule has 0 aromatic carbocycles. The quantitative estimate of drug-likeness (QED) is 0.0332. The number of hydrogen-bond acceptors (Lipinski definition) is 13. The van der Waals surface area contributed by atoms with E-state index in [1.165, 1.54) is 19.3 Å². The lowest BCUT2D eigenvalue weighted by atomic mass is 9.97. The number of aliphatic hydroxyl groups excluding tert-OH is 8. The van der Waals surface area contributed by atoms with Gasteiger partial charge in [-0.25, -0.2) is 0 Å². The summed E-state index contributed by atoms with van der Waals surface area (Å²) in [7, 11) is 0. The lowest BCUT2D eigenvalue weighted by Gasteiger charge is -2.46. The molecular formula is C48H79NO13. The minimum Gasteiger partial charge on any atom is -0.394 e. The van der Waals surface area contributed by atoms with Crippen molar-refractivity contribution in [2.75, 3.05) is 19.8 Å². The zero-order valence-corrected chi connectivity index (χ0v) is 37.1. The van der Waals surface area contributed by atoms with Gasteiger partial charge in [0.2, 0.25) is 5.91 Å². The molecule has 2 fully saturated rings. The number of carbonyl (C=O) groups excluding carboxylic acids is 1. The first kappa shape index (κ1) is 55.3. The topological polar surface area (TPSA) is 228 Å². The molecule has 0 aliphatic carbocycles. The van der Waals surface area contributed by atoms with Crippen LogP contribution in [0.3, 0.4) is 0 Å². The number of amides is 1. The predicted molar refractivity (Wildman–Crippen MR) is 239 cm³/mol. The van der Waals surface area contributed by atoms with Crippen LogP contribution in [0.5, 0.6) is 0 Å². The number of rotatable bonds is 32. The first-order chi connectivity index (χ1) is 30.1. The Morgan fingerprint density at radius 3 is 1.71 bits per heavy atom. The Balaban J connectivity index is 1.95. The zero-order chi connectivity index (χ0) is 45.4. The number of nitrogens with one attached hydrogen (secondary N) is 1. The fourth-order valence-corrected chi connectivity index (χ4v) is 6.78. The molecule has 9 N–H and O–H groups in total. The highest BCUT2D eigenvalue weighted by molar-refractivity contribution is 5.76. The second-order valence-electron chi connectivity index (χ2n) is 15.8. The Bertz CT molecular complexity index is 1360. The monoisotopic (exact) mass is 878 g/mol. The minimum atomic E-state index is -1.80. The molecular weight excluding hydrogens is 799 g/mol. The molecule has 354 valence electrons. The van der Waals surface area contributed by atoms with E-state index in [9.17, 15) is 45.6 Å². The highest BCUT2D eigenvalue weighted by atomic mass is 16.7. The standard InChI is InChI=1S/C48H79NO13/c1-3-5-7-9-11-13-15-17-18-20-22-24-26-28-30-32-40(53)49-36(37(52)31-29-27-25-23-21-19-16-14-12-10-8-6-4-2)35-59-47-45(58)43(56)46(39(34-51)61-47)62-48-44(57)42(55)41(54)38(33-50)60-48/h5,7,11-14,17-18,21-24,29,31,36-39,41-48,50-52,54-58H,3-4,6,8-10,15-16,19-20,25-28,30,32-35H2,1-2H3,(H,49,53)/b7-5-,13-11-,14-12+,18-17-,23-21+,24-22-,31-29+. The number of aliphatic hydroxyl groups is 8. The van der Waals surface area contributed by atoms with E-state index in [2.05, 4.69) is 92.1 Å². The number of hydrogen-bond donors (Lipinski definition) is 9. The van der Waals surface area contributed by atoms with Gasteiger partial charge in [0, 0.05) is 6.42 Å². The van der Waals surface area contributed by atoms with Gasteiger partial charge in [-0.1, -0.05) is 112 Å². The normalized spacial score (nSPS) is 28.5. The van der Waals surface area contributed by atoms with Gasteiger partial charge in [0.1, 0.15) is 48.8 Å². The van der Waals surface area contributed by atoms with E-state index in [0.29, 0.717) is 12.8 Å². The van der Waals surface area contributed by atoms with Crippen LogP contribution in [0, 0.1) is 0 Å². The summed E-state index contributed by atoms with van der Waals surface area (Å²) in [4.78, 5) is 13.1. The number of allylic oxidation sites excluding steroid dienone is 13. The van der Waals surface area contributed by atoms with Gasteiger partial charge in [-0.15, -0.1) is 0 Å². The molecule has 0 bridgehead atoms. The molecule has 0 spiro atoms. The largest absolute Gasteiger partial charge is 0.394 e. The van der Waals surface area contributed by atoms with Gasteiger partial charge >= 0.3 is 0 Å². The molecule has 0 aromatic rings. The zero-order valence-electron chi connectivity index (χ0n) is 37.1. The Morgan fingerprint density at radius 1 is 0.597 bits per heavy atom. The van der Waals surface area contributed by atoms with E-state index in [-0.39, 0.29) is 18.9 Å². The highest BCUT2D eigenvalue weighted by Crippen LogP contribution is 2.29. The van der Waals surface area contributed by atoms with Crippen molar-refractivity contribution < 1.29 is 64.6 Å². The molecule has 0 radical (unpaired) electrons. The van der Waals surface area contributed by atoms with Crippen LogP contribution in [0.4, 0.5) is 0 Å². The molecule has 0 saturated carbocycles. The molecule has 14 nitrogen and oxygen atoms in total. The number of unbranched alkanes of at least 4 members (excludes halogenated alkanes) is 7. The van der Waals surface area contributed by atoms with Crippen molar-refractivity contribution in [2.24, 2.45) is 0 Å². The molecule has 2 aliphatic heterocycles. The van der Waals surface area contributed by atoms with Crippen molar-refractivity contribution in [3.8, 4) is 0 Å². The van der Waals surface area contributed by atoms with Crippen molar-refractivity contribution in [2.45, 2.75) is 190 Å². The van der Waals surface area contributed by atoms with E-state index in [1.807, 2.05) is 6.08 Å². The number of carbonyl (C=O) groups is 1. The van der Waals surface area contributed by atoms with Gasteiger partial charge in [-0.2, -0.15) is 0 Å². The minimum absolute atomic E-state index is 0.212. The maximum atomic E-state index is 13.1. The second-order valence-corrected chi connectivity index (χ2v) is 15.8. The van der Waals surface area contributed by atoms with Crippen LogP contribution in [-0.2, 0) is 23.7 Å². The van der Waals surface area contributed by atoms with Crippen LogP contribution in [0.2, 0.25) is 0 Å². The van der Waals surface area contributed by atoms with Crippen molar-refractivity contribution in [3.05, 3.63) is 85.1 Å². The Kier molecular flexibility index (Phi) is 30.8. The Hall–Kier alpha value is -2.83. The molecule has 0 aromatic heterocycles. The first-order valence-electron chi connectivity index (χ1n) is 22.8. The summed E-state index contributed by atoms with van der Waals surface area (Å²) in [5.41, 5.74) is 0. The van der Waals surface area contributed by atoms with E-state index in [1.54, 1.807) is 6.08 Å². The van der Waals surface area contributed by atoms with E-state index >= 15 is 0 Å².